The van der Waals surface area contributed by atoms with Crippen molar-refractivity contribution < 1.29 is 138 Å². The van der Waals surface area contributed by atoms with Gasteiger partial charge in [0.05, 0.1) is 37.4 Å². The summed E-state index contributed by atoms with van der Waals surface area (Å²) in [6.45, 7) is 19.6. The van der Waals surface area contributed by atoms with Gasteiger partial charge >= 0.3 is 23.9 Å². The topological polar surface area (TPSA) is 433 Å². The predicted molar refractivity (Wildman–Crippen MR) is 308 cm³/mol. The minimum Gasteiger partial charge on any atom is -0.479 e. The Kier molecular flexibility index (Phi) is 20.9. The molecule has 4 saturated heterocycles. The molecule has 31 atom stereocenters. The third kappa shape index (κ3) is 12.3. The minimum absolute atomic E-state index is 0.0606. The molecule has 0 unspecified atom stereocenters. The van der Waals surface area contributed by atoms with Crippen molar-refractivity contribution >= 4 is 23.9 Å². The zero-order valence-electron chi connectivity index (χ0n) is 53.8. The molecular formula is C63H98O28. The van der Waals surface area contributed by atoms with Crippen LogP contribution in [0.1, 0.15) is 128 Å². The summed E-state index contributed by atoms with van der Waals surface area (Å²) in [5, 5.41) is 143. The normalized spacial score (nSPS) is 49.5. The van der Waals surface area contributed by atoms with Gasteiger partial charge in [0.1, 0.15) is 97.7 Å². The second kappa shape index (κ2) is 26.5. The number of esters is 3. The van der Waals surface area contributed by atoms with Gasteiger partial charge in [0.2, 0.25) is 0 Å². The molecule has 91 heavy (non-hydrogen) atoms. The van der Waals surface area contributed by atoms with Gasteiger partial charge in [0.25, 0.3) is 0 Å². The Hall–Kier alpha value is -3.44. The number of allylic oxidation sites excluding steroid dienone is 3. The largest absolute Gasteiger partial charge is 0.479 e. The summed E-state index contributed by atoms with van der Waals surface area (Å²) in [5.41, 5.74) is -3.54. The van der Waals surface area contributed by atoms with Crippen LogP contribution in [0.5, 0.6) is 0 Å². The molecule has 4 aliphatic heterocycles. The molecule has 0 aromatic rings. The molecule has 0 bridgehead atoms. The molecule has 0 aromatic carbocycles. The summed E-state index contributed by atoms with van der Waals surface area (Å²) in [5.74, 6) is -4.40. The highest BCUT2D eigenvalue weighted by Crippen LogP contribution is 2.76. The highest BCUT2D eigenvalue weighted by atomic mass is 16.8. The molecule has 28 heteroatoms. The Balaban J connectivity index is 1.04. The molecule has 28 nitrogen and oxygen atoms in total. The fourth-order valence-corrected chi connectivity index (χ4v) is 17.9. The predicted octanol–water partition coefficient (Wildman–Crippen LogP) is -0.871. The smallest absolute Gasteiger partial charge is 0.335 e. The molecule has 0 spiro atoms. The first-order valence-electron chi connectivity index (χ1n) is 31.8. The van der Waals surface area contributed by atoms with Gasteiger partial charge in [-0.05, 0) is 105 Å². The molecule has 5 aliphatic carbocycles. The van der Waals surface area contributed by atoms with E-state index in [0.29, 0.717) is 38.5 Å². The monoisotopic (exact) mass is 1300 g/mol. The number of carbonyl (C=O) groups excluding carboxylic acids is 3. The maximum absolute atomic E-state index is 13.9. The number of rotatable bonds is 16. The van der Waals surface area contributed by atoms with E-state index in [-0.39, 0.29) is 23.8 Å². The van der Waals surface area contributed by atoms with Gasteiger partial charge < -0.3 is 118 Å². The van der Waals surface area contributed by atoms with Crippen LogP contribution in [0, 0.1) is 50.2 Å². The van der Waals surface area contributed by atoms with Crippen molar-refractivity contribution in [3.8, 4) is 0 Å². The number of carbonyl (C=O) groups is 4. The molecule has 4 saturated carbocycles. The molecule has 518 valence electrons. The van der Waals surface area contributed by atoms with Crippen molar-refractivity contribution in [3.05, 3.63) is 23.3 Å². The van der Waals surface area contributed by atoms with Crippen molar-refractivity contribution in [2.75, 3.05) is 19.8 Å². The van der Waals surface area contributed by atoms with Crippen LogP contribution >= 0.6 is 0 Å². The van der Waals surface area contributed by atoms with Gasteiger partial charge in [-0.2, -0.15) is 0 Å². The van der Waals surface area contributed by atoms with Crippen LogP contribution in [0.4, 0.5) is 0 Å². The highest BCUT2D eigenvalue weighted by Gasteiger charge is 2.75. The van der Waals surface area contributed by atoms with Crippen molar-refractivity contribution in [3.63, 3.8) is 0 Å². The lowest BCUT2D eigenvalue weighted by molar-refractivity contribution is -0.397. The number of hydrogen-bond acceptors (Lipinski definition) is 27. The van der Waals surface area contributed by atoms with Crippen LogP contribution in [0.3, 0.4) is 0 Å². The van der Waals surface area contributed by atoms with E-state index >= 15 is 0 Å². The van der Waals surface area contributed by atoms with Gasteiger partial charge in [-0.3, -0.25) is 9.59 Å². The first-order chi connectivity index (χ1) is 42.4. The number of hydrogen-bond donors (Lipinski definition) is 13. The Morgan fingerprint density at radius 3 is 1.77 bits per heavy atom. The summed E-state index contributed by atoms with van der Waals surface area (Å²) in [6, 6.07) is 0. The average molecular weight is 1300 g/mol. The highest BCUT2D eigenvalue weighted by molar-refractivity contribution is 5.88. The van der Waals surface area contributed by atoms with E-state index in [1.807, 2.05) is 27.7 Å². The van der Waals surface area contributed by atoms with Gasteiger partial charge in [-0.1, -0.05) is 66.2 Å². The summed E-state index contributed by atoms with van der Waals surface area (Å²) in [7, 11) is 0. The fourth-order valence-electron chi connectivity index (χ4n) is 17.9. The zero-order chi connectivity index (χ0) is 67.3. The molecule has 4 heterocycles. The lowest BCUT2D eigenvalue weighted by Gasteiger charge is -2.72. The van der Waals surface area contributed by atoms with Crippen LogP contribution < -0.4 is 0 Å². The Bertz CT molecular complexity index is 2700. The van der Waals surface area contributed by atoms with Gasteiger partial charge in [0.15, 0.2) is 37.4 Å². The van der Waals surface area contributed by atoms with E-state index in [4.69, 9.17) is 52.1 Å². The number of carboxylic acids is 1. The summed E-state index contributed by atoms with van der Waals surface area (Å²) in [6.07, 6.45) is -34.6. The minimum atomic E-state index is -2.27. The van der Waals surface area contributed by atoms with Crippen molar-refractivity contribution in [2.45, 2.75) is 275 Å². The second-order valence-electron chi connectivity index (χ2n) is 29.1. The Labute approximate surface area is 528 Å². The van der Waals surface area contributed by atoms with Crippen LogP contribution in [-0.2, 0) is 71.3 Å². The summed E-state index contributed by atoms with van der Waals surface area (Å²) < 4.78 is 67.4. The quantitative estimate of drug-likeness (QED) is 0.0294. The van der Waals surface area contributed by atoms with E-state index < -0.39 is 229 Å². The van der Waals surface area contributed by atoms with Gasteiger partial charge in [-0.15, -0.1) is 0 Å². The van der Waals surface area contributed by atoms with E-state index in [2.05, 4.69) is 26.8 Å². The van der Waals surface area contributed by atoms with Crippen molar-refractivity contribution in [2.24, 2.45) is 50.2 Å². The van der Waals surface area contributed by atoms with Gasteiger partial charge in [0, 0.05) is 24.8 Å². The maximum Gasteiger partial charge on any atom is 0.335 e. The maximum atomic E-state index is 13.9. The number of ether oxygens (including phenoxy) is 11. The van der Waals surface area contributed by atoms with Crippen molar-refractivity contribution in [1.82, 2.24) is 0 Å². The number of aliphatic hydroxyl groups excluding tert-OH is 12. The Morgan fingerprint density at radius 1 is 0.604 bits per heavy atom. The summed E-state index contributed by atoms with van der Waals surface area (Å²) in [4.78, 5) is 53.5. The third-order valence-electron chi connectivity index (χ3n) is 23.2. The van der Waals surface area contributed by atoms with Crippen LogP contribution in [0.15, 0.2) is 23.3 Å². The van der Waals surface area contributed by atoms with Crippen LogP contribution in [0.25, 0.3) is 0 Å². The fraction of sp³-hybridized carbons (Fsp3) is 0.873. The standard InChI is InChI=1S/C63H98O28/c1-13-25(2)53(80)91-51-50(84-28(5)67)58(6,7)20-30-29-14-15-34-60(10)18-17-35(59(8,9)33(60)16-19-61(34,11)62(29,12)21-36(83-27(4)66)63(30,51)24-65)87-57-49(90-55-44(75)41(72)38(69)31(22-64)85-55)47(46(77)48(89-57)52(78)79)88-56-45(76)42(73)39(70)32(86-56)23-81-54-43(74)40(71)37(68)26(3)82-54/h13-14,26,30-51,54-57,64-65,68-77H,15-24H2,1-12H3,(H,78,79)/b25-13+/t26-,30+,31-,32-,33+,34-,35+,36-,37-,38-,39-,40+,41+,42+,43+,44-,45-,46+,47+,48+,49-,50+,51+,54+,55+,56+,57-,60+,61-,62-,63+/m1/s1. The number of aliphatic carboxylic acids is 1. The molecule has 0 aromatic heterocycles. The Morgan fingerprint density at radius 2 is 1.19 bits per heavy atom. The van der Waals surface area contributed by atoms with E-state index in [0.717, 1.165) is 5.57 Å². The molecule has 13 N–H and O–H groups in total. The van der Waals surface area contributed by atoms with Crippen LogP contribution in [0.2, 0.25) is 0 Å². The lowest BCUT2D eigenvalue weighted by atomic mass is 9.33. The van der Waals surface area contributed by atoms with Crippen LogP contribution in [-0.4, -0.2) is 257 Å². The third-order valence-corrected chi connectivity index (χ3v) is 23.2. The first-order valence-corrected chi connectivity index (χ1v) is 31.8. The van der Waals surface area contributed by atoms with Gasteiger partial charge in [-0.25, -0.2) is 9.59 Å². The average Bonchev–Trinajstić information content (AvgIpc) is 0.669. The van der Waals surface area contributed by atoms with E-state index in [1.165, 1.54) is 20.8 Å². The zero-order valence-corrected chi connectivity index (χ0v) is 53.8. The second-order valence-corrected chi connectivity index (χ2v) is 29.1. The van der Waals surface area contributed by atoms with E-state index in [1.54, 1.807) is 19.9 Å². The molecule has 0 radical (unpaired) electrons. The number of fused-ring (bicyclic) bond motifs is 7. The SMILES string of the molecule is C/C=C(\C)C(=O)O[C@H]1[C@H](OC(C)=O)C(C)(C)C[C@H]2C3=CC[C@@H]4[C@@]5(C)CC[C@H](O[C@@H]6O[C@H](C(=O)O)[C@@H](O)[C@H](O[C@@H]7O[C@H](CO[C@H]8O[C@H](C)[C@@H](O)[C@H](O)[C@@H]8O)[C@@H](O)[C@H](O)[C@H]7O)[C@H]6O[C@@H]6O[C@H](CO)[C@@H](O)[C@H](O)[C@H]6O)C(C)(C)[C@@H]5CC[C@@]4(C)[C@]3(C)C[C@@H](OC(C)=O)[C@]21CO. The summed E-state index contributed by atoms with van der Waals surface area (Å²) >= 11 is 0. The molecule has 9 rings (SSSR count). The van der Waals surface area contributed by atoms with E-state index in [9.17, 15) is 85.6 Å². The molecule has 9 aliphatic rings. The van der Waals surface area contributed by atoms with Crippen molar-refractivity contribution in [1.29, 1.82) is 0 Å². The lowest BCUT2D eigenvalue weighted by Crippen LogP contribution is -2.73. The molecular weight excluding hydrogens is 1200 g/mol. The number of carboxylic acid groups (broad SMARTS) is 1. The molecule has 8 fully saturated rings. The number of aliphatic hydroxyl groups is 12. The molecule has 0 amide bonds. The first kappa shape index (κ1) is 71.8.